The van der Waals surface area contributed by atoms with E-state index in [1.54, 1.807) is 0 Å². The zero-order valence-electron chi connectivity index (χ0n) is 15.8. The lowest BCUT2D eigenvalue weighted by Gasteiger charge is -2.27. The van der Waals surface area contributed by atoms with Crippen molar-refractivity contribution in [2.24, 2.45) is 0 Å². The number of aromatic nitrogens is 4. The first-order valence-corrected chi connectivity index (χ1v) is 9.21. The molecule has 0 spiro atoms. The summed E-state index contributed by atoms with van der Waals surface area (Å²) in [6.07, 6.45) is 3.91. The summed E-state index contributed by atoms with van der Waals surface area (Å²) < 4.78 is 0. The molecular formula is C17H21N7O6. The molecule has 1 aliphatic heterocycles. The van der Waals surface area contributed by atoms with E-state index >= 15 is 0 Å². The Hall–Kier alpha value is -3.90. The van der Waals surface area contributed by atoms with Gasteiger partial charge >= 0.3 is 17.7 Å². The van der Waals surface area contributed by atoms with E-state index in [0.717, 1.165) is 6.07 Å². The van der Waals surface area contributed by atoms with Crippen molar-refractivity contribution in [2.45, 2.75) is 37.9 Å². The van der Waals surface area contributed by atoms with Crippen LogP contribution in [0.15, 0.2) is 28.2 Å². The van der Waals surface area contributed by atoms with Gasteiger partial charge in [0.15, 0.2) is 0 Å². The van der Waals surface area contributed by atoms with Crippen molar-refractivity contribution in [2.75, 3.05) is 6.54 Å². The molecule has 0 unspecified atom stereocenters. The summed E-state index contributed by atoms with van der Waals surface area (Å²) in [5.41, 5.74) is -0.558. The van der Waals surface area contributed by atoms with Crippen molar-refractivity contribution in [1.29, 1.82) is 0 Å². The molecule has 13 heteroatoms. The Kier molecular flexibility index (Phi) is 6.29. The maximum Gasteiger partial charge on any atom is 0.326 e. The van der Waals surface area contributed by atoms with Gasteiger partial charge in [0, 0.05) is 36.6 Å². The number of nitrogens with zero attached hydrogens (tertiary/aromatic N) is 2. The SMILES string of the molecule is O=C(NCc1cc(=O)[nH]c(=O)[nH]1)N[C@@H](Cc1cnc[nH]1)C(=O)N1CCC[C@H]1C(=O)O. The zero-order valence-corrected chi connectivity index (χ0v) is 15.8. The van der Waals surface area contributed by atoms with Crippen LogP contribution in [-0.4, -0.2) is 66.5 Å². The monoisotopic (exact) mass is 419 g/mol. The molecule has 13 nitrogen and oxygen atoms in total. The quantitative estimate of drug-likeness (QED) is 0.307. The number of hydrogen-bond acceptors (Lipinski definition) is 6. The van der Waals surface area contributed by atoms with Gasteiger partial charge in [-0.25, -0.2) is 19.4 Å². The minimum atomic E-state index is -1.09. The third-order valence-electron chi connectivity index (χ3n) is 4.66. The smallest absolute Gasteiger partial charge is 0.326 e. The number of likely N-dealkylation sites (tertiary alicyclic amines) is 1. The molecule has 1 fully saturated rings. The number of carbonyl (C=O) groups is 3. The van der Waals surface area contributed by atoms with E-state index in [0.29, 0.717) is 18.5 Å². The fourth-order valence-electron chi connectivity index (χ4n) is 3.30. The van der Waals surface area contributed by atoms with Crippen LogP contribution in [0.5, 0.6) is 0 Å². The third kappa shape index (κ3) is 5.12. The van der Waals surface area contributed by atoms with Gasteiger partial charge in [0.05, 0.1) is 12.9 Å². The van der Waals surface area contributed by atoms with Crippen molar-refractivity contribution in [3.05, 3.63) is 50.8 Å². The Labute approximate surface area is 168 Å². The highest BCUT2D eigenvalue weighted by atomic mass is 16.4. The van der Waals surface area contributed by atoms with E-state index < -0.39 is 41.2 Å². The second kappa shape index (κ2) is 9.07. The van der Waals surface area contributed by atoms with Gasteiger partial charge in [-0.05, 0) is 12.8 Å². The second-order valence-corrected chi connectivity index (χ2v) is 6.80. The van der Waals surface area contributed by atoms with Gasteiger partial charge in [0.1, 0.15) is 12.1 Å². The number of imidazole rings is 1. The standard InChI is InChI=1S/C17H21N7O6/c25-13-5-10(21-17(30)23-13)7-19-16(29)22-11(4-9-6-18-8-20-9)14(26)24-3-1-2-12(24)15(27)28/h5-6,8,11-12H,1-4,7H2,(H,18,20)(H,27,28)(H2,19,22,29)(H2,21,23,25,30)/t11-,12-/m0/s1. The Balaban J connectivity index is 1.69. The Morgan fingerprint density at radius 3 is 2.73 bits per heavy atom. The first-order valence-electron chi connectivity index (χ1n) is 9.21. The van der Waals surface area contributed by atoms with Gasteiger partial charge in [-0.2, -0.15) is 0 Å². The lowest BCUT2D eigenvalue weighted by atomic mass is 10.1. The summed E-state index contributed by atoms with van der Waals surface area (Å²) in [6, 6.07) is -1.58. The summed E-state index contributed by atoms with van der Waals surface area (Å²) in [4.78, 5) is 71.7. The number of rotatable bonds is 7. The van der Waals surface area contributed by atoms with E-state index in [-0.39, 0.29) is 25.2 Å². The number of urea groups is 1. The van der Waals surface area contributed by atoms with Crippen LogP contribution in [0.25, 0.3) is 0 Å². The number of carbonyl (C=O) groups excluding carboxylic acids is 2. The Morgan fingerprint density at radius 2 is 2.07 bits per heavy atom. The molecule has 6 N–H and O–H groups in total. The number of H-pyrrole nitrogens is 3. The van der Waals surface area contributed by atoms with E-state index in [1.165, 1.54) is 17.4 Å². The first kappa shape index (κ1) is 20.8. The maximum atomic E-state index is 13.0. The van der Waals surface area contributed by atoms with Crippen LogP contribution < -0.4 is 21.9 Å². The highest BCUT2D eigenvalue weighted by Crippen LogP contribution is 2.19. The third-order valence-corrected chi connectivity index (χ3v) is 4.66. The van der Waals surface area contributed by atoms with Gasteiger partial charge in [-0.1, -0.05) is 0 Å². The van der Waals surface area contributed by atoms with Gasteiger partial charge in [0.25, 0.3) is 5.56 Å². The van der Waals surface area contributed by atoms with E-state index in [2.05, 4.69) is 25.6 Å². The normalized spacial score (nSPS) is 16.8. The van der Waals surface area contributed by atoms with Crippen molar-refractivity contribution < 1.29 is 19.5 Å². The van der Waals surface area contributed by atoms with E-state index in [4.69, 9.17) is 0 Å². The summed E-state index contributed by atoms with van der Waals surface area (Å²) in [5, 5.41) is 14.3. The summed E-state index contributed by atoms with van der Waals surface area (Å²) in [7, 11) is 0. The number of nitrogens with one attached hydrogen (secondary N) is 5. The molecule has 0 aliphatic carbocycles. The molecule has 3 heterocycles. The molecule has 0 saturated carbocycles. The summed E-state index contributed by atoms with van der Waals surface area (Å²) in [6.45, 7) is 0.129. The number of carboxylic acid groups (broad SMARTS) is 1. The molecule has 2 atom stereocenters. The average Bonchev–Trinajstić information content (AvgIpc) is 3.36. The molecule has 1 saturated heterocycles. The molecule has 2 aromatic rings. The van der Waals surface area contributed by atoms with Crippen LogP contribution in [0.4, 0.5) is 4.79 Å². The Morgan fingerprint density at radius 1 is 1.27 bits per heavy atom. The predicted octanol–water partition coefficient (Wildman–Crippen LogP) is -1.73. The predicted molar refractivity (Wildman–Crippen MR) is 102 cm³/mol. The minimum Gasteiger partial charge on any atom is -0.480 e. The number of carboxylic acids is 1. The van der Waals surface area contributed by atoms with Crippen molar-refractivity contribution in [3.8, 4) is 0 Å². The fraction of sp³-hybridized carbons (Fsp3) is 0.412. The second-order valence-electron chi connectivity index (χ2n) is 6.80. The number of aromatic amines is 3. The van der Waals surface area contributed by atoms with E-state index in [1.807, 2.05) is 4.98 Å². The van der Waals surface area contributed by atoms with Gasteiger partial charge in [0.2, 0.25) is 5.91 Å². The van der Waals surface area contributed by atoms with Crippen LogP contribution in [-0.2, 0) is 22.6 Å². The van der Waals surface area contributed by atoms with Crippen LogP contribution in [0.3, 0.4) is 0 Å². The van der Waals surface area contributed by atoms with Crippen LogP contribution in [0, 0.1) is 0 Å². The van der Waals surface area contributed by atoms with Crippen LogP contribution in [0.2, 0.25) is 0 Å². The highest BCUT2D eigenvalue weighted by molar-refractivity contribution is 5.90. The average molecular weight is 419 g/mol. The number of aliphatic carboxylic acids is 1. The molecule has 1 aliphatic rings. The van der Waals surface area contributed by atoms with Gasteiger partial charge in [-0.3, -0.25) is 14.6 Å². The minimum absolute atomic E-state index is 0.0803. The van der Waals surface area contributed by atoms with Crippen molar-refractivity contribution >= 4 is 17.9 Å². The number of hydrogen-bond donors (Lipinski definition) is 6. The lowest BCUT2D eigenvalue weighted by molar-refractivity contribution is -0.148. The zero-order chi connectivity index (χ0) is 21.7. The molecule has 160 valence electrons. The van der Waals surface area contributed by atoms with Crippen LogP contribution >= 0.6 is 0 Å². The van der Waals surface area contributed by atoms with Crippen molar-refractivity contribution in [1.82, 2.24) is 35.5 Å². The largest absolute Gasteiger partial charge is 0.480 e. The molecule has 0 aromatic carbocycles. The Bertz CT molecular complexity index is 999. The van der Waals surface area contributed by atoms with Gasteiger partial charge < -0.3 is 30.6 Å². The molecule has 3 amide bonds. The summed E-state index contributed by atoms with van der Waals surface area (Å²) >= 11 is 0. The fourth-order valence-corrected chi connectivity index (χ4v) is 3.30. The first-order chi connectivity index (χ1) is 14.3. The van der Waals surface area contributed by atoms with Crippen molar-refractivity contribution in [3.63, 3.8) is 0 Å². The topological polar surface area (TPSA) is 193 Å². The molecular weight excluding hydrogens is 398 g/mol. The number of amides is 3. The van der Waals surface area contributed by atoms with Gasteiger partial charge in [-0.15, -0.1) is 0 Å². The molecule has 3 rings (SSSR count). The molecule has 0 bridgehead atoms. The van der Waals surface area contributed by atoms with E-state index in [9.17, 15) is 29.1 Å². The maximum absolute atomic E-state index is 13.0. The molecule has 30 heavy (non-hydrogen) atoms. The molecule has 0 radical (unpaired) electrons. The highest BCUT2D eigenvalue weighted by Gasteiger charge is 2.37. The lowest BCUT2D eigenvalue weighted by Crippen LogP contribution is -2.54. The molecule has 2 aromatic heterocycles. The summed E-state index contributed by atoms with van der Waals surface area (Å²) in [5.74, 6) is -1.61. The van der Waals surface area contributed by atoms with Crippen LogP contribution in [0.1, 0.15) is 24.2 Å².